The Balaban J connectivity index is 1.39. The monoisotopic (exact) mass is 518 g/mol. The van der Waals surface area contributed by atoms with Crippen molar-refractivity contribution in [3.05, 3.63) is 66.1 Å². The van der Waals surface area contributed by atoms with Gasteiger partial charge >= 0.3 is 0 Å². The zero-order valence-corrected chi connectivity index (χ0v) is 21.2. The number of nitrogens with one attached hydrogen (secondary N) is 1. The van der Waals surface area contributed by atoms with Crippen molar-refractivity contribution in [2.75, 3.05) is 18.3 Å². The van der Waals surface area contributed by atoms with Gasteiger partial charge in [-0.05, 0) is 56.2 Å². The highest BCUT2D eigenvalue weighted by atomic mass is 16.7. The number of rotatable bonds is 6. The van der Waals surface area contributed by atoms with Crippen molar-refractivity contribution in [1.29, 1.82) is 0 Å². The number of anilines is 1. The van der Waals surface area contributed by atoms with Crippen molar-refractivity contribution in [3.8, 4) is 23.0 Å². The lowest BCUT2D eigenvalue weighted by Crippen LogP contribution is -2.52. The van der Waals surface area contributed by atoms with E-state index in [4.69, 9.17) is 23.4 Å². The third-order valence-electron chi connectivity index (χ3n) is 7.14. The van der Waals surface area contributed by atoms with Crippen LogP contribution in [0, 0.1) is 6.92 Å². The second-order valence-electron chi connectivity index (χ2n) is 9.80. The first-order valence-electron chi connectivity index (χ1n) is 13.0. The van der Waals surface area contributed by atoms with Crippen LogP contribution in [0.15, 0.2) is 59.0 Å². The lowest BCUT2D eigenvalue weighted by atomic mass is 9.95. The largest absolute Gasteiger partial charge is 0.485 e. The molecule has 1 N–H and O–H groups in total. The number of carbonyl (C=O) groups excluding carboxylic acids is 2. The van der Waals surface area contributed by atoms with Gasteiger partial charge in [-0.25, -0.2) is 0 Å². The number of para-hydroxylation sites is 2. The van der Waals surface area contributed by atoms with Crippen LogP contribution in [0.2, 0.25) is 0 Å². The number of aryl methyl sites for hydroxylation is 1. The first-order valence-corrected chi connectivity index (χ1v) is 13.0. The molecule has 1 aromatic heterocycles. The van der Waals surface area contributed by atoms with E-state index in [2.05, 4.69) is 5.32 Å². The Kier molecular flexibility index (Phi) is 6.57. The summed E-state index contributed by atoms with van der Waals surface area (Å²) in [6.45, 7) is 1.90. The molecule has 2 aromatic carbocycles. The number of nitrogens with zero attached hydrogens (tertiary/aromatic N) is 1. The summed E-state index contributed by atoms with van der Waals surface area (Å²) >= 11 is 0. The molecule has 0 unspecified atom stereocenters. The van der Waals surface area contributed by atoms with E-state index in [0.29, 0.717) is 40.2 Å². The second kappa shape index (κ2) is 10.3. The zero-order chi connectivity index (χ0) is 26.1. The number of carbonyl (C=O) groups is 2. The van der Waals surface area contributed by atoms with E-state index in [1.165, 1.54) is 4.90 Å². The van der Waals surface area contributed by atoms with E-state index in [1.807, 2.05) is 12.1 Å². The van der Waals surface area contributed by atoms with Gasteiger partial charge in [-0.15, -0.1) is 0 Å². The molecule has 3 heterocycles. The Morgan fingerprint density at radius 1 is 0.895 bits per heavy atom. The van der Waals surface area contributed by atoms with Crippen LogP contribution < -0.4 is 29.2 Å². The molecule has 0 bridgehead atoms. The maximum Gasteiger partial charge on any atom is 0.272 e. The van der Waals surface area contributed by atoms with Crippen molar-refractivity contribution in [3.63, 3.8) is 0 Å². The fourth-order valence-electron chi connectivity index (χ4n) is 5.24. The summed E-state index contributed by atoms with van der Waals surface area (Å²) in [5, 5.41) is 3.18. The molecular weight excluding hydrogens is 488 g/mol. The van der Waals surface area contributed by atoms with Gasteiger partial charge in [0.05, 0.1) is 0 Å². The number of fused-ring (bicyclic) bond motifs is 2. The highest BCUT2D eigenvalue weighted by Crippen LogP contribution is 2.40. The molecule has 0 saturated heterocycles. The Labute approximate surface area is 220 Å². The van der Waals surface area contributed by atoms with E-state index in [0.717, 1.165) is 32.1 Å². The maximum absolute atomic E-state index is 14.3. The quantitative estimate of drug-likeness (QED) is 0.506. The maximum atomic E-state index is 14.3. The minimum atomic E-state index is -1.07. The lowest BCUT2D eigenvalue weighted by Gasteiger charge is -2.35. The SMILES string of the molecule is Cc1ccc([C@@H](C(=O)NC2CCCCC2)N(C(=O)[C@@H]2COc3ccccc3O2)c2ccc3c(c2)OCO3)o1. The lowest BCUT2D eigenvalue weighted by molar-refractivity contribution is -0.132. The summed E-state index contributed by atoms with van der Waals surface area (Å²) in [5.41, 5.74) is 0.458. The van der Waals surface area contributed by atoms with E-state index in [9.17, 15) is 9.59 Å². The average Bonchev–Trinajstić information content (AvgIpc) is 3.59. The molecule has 9 heteroatoms. The molecule has 1 saturated carbocycles. The van der Waals surface area contributed by atoms with Gasteiger partial charge < -0.3 is 28.7 Å². The van der Waals surface area contributed by atoms with Gasteiger partial charge in [0, 0.05) is 17.8 Å². The number of benzene rings is 2. The molecule has 0 radical (unpaired) electrons. The predicted molar refractivity (Wildman–Crippen MR) is 138 cm³/mol. The summed E-state index contributed by atoms with van der Waals surface area (Å²) in [6, 6.07) is 14.9. The van der Waals surface area contributed by atoms with Crippen molar-refractivity contribution in [1.82, 2.24) is 5.32 Å². The second-order valence-corrected chi connectivity index (χ2v) is 9.80. The average molecular weight is 519 g/mol. The first kappa shape index (κ1) is 24.2. The molecule has 3 aliphatic rings. The molecule has 1 aliphatic carbocycles. The van der Waals surface area contributed by atoms with Gasteiger partial charge in [0.25, 0.3) is 11.8 Å². The Morgan fingerprint density at radius 3 is 2.45 bits per heavy atom. The van der Waals surface area contributed by atoms with Crippen LogP contribution in [0.25, 0.3) is 0 Å². The summed E-state index contributed by atoms with van der Waals surface area (Å²) in [5.74, 6) is 2.36. The molecule has 3 aromatic rings. The minimum Gasteiger partial charge on any atom is -0.485 e. The summed E-state index contributed by atoms with van der Waals surface area (Å²) in [7, 11) is 0. The van der Waals surface area contributed by atoms with Crippen LogP contribution in [0.1, 0.15) is 49.7 Å². The van der Waals surface area contributed by atoms with Crippen molar-refractivity contribution in [2.45, 2.75) is 57.2 Å². The standard InChI is InChI=1S/C29H30N2O7/c1-18-11-13-24(37-18)27(28(32)30-19-7-3-2-4-8-19)31(20-12-14-22-25(15-20)36-17-35-22)29(33)26-16-34-21-9-5-6-10-23(21)38-26/h5-6,9-15,19,26-27H,2-4,7-8,16-17H2,1H3,(H,30,32)/t26-,27-/m0/s1. The molecule has 38 heavy (non-hydrogen) atoms. The fourth-order valence-corrected chi connectivity index (χ4v) is 5.24. The molecule has 198 valence electrons. The third kappa shape index (κ3) is 4.76. The number of furan rings is 1. The van der Waals surface area contributed by atoms with Crippen molar-refractivity contribution >= 4 is 17.5 Å². The Morgan fingerprint density at radius 2 is 1.66 bits per heavy atom. The third-order valence-corrected chi connectivity index (χ3v) is 7.14. The van der Waals surface area contributed by atoms with E-state index >= 15 is 0 Å². The smallest absolute Gasteiger partial charge is 0.272 e. The van der Waals surface area contributed by atoms with Gasteiger partial charge in [0.15, 0.2) is 29.0 Å². The molecular formula is C29H30N2O7. The van der Waals surface area contributed by atoms with Crippen LogP contribution in [0.3, 0.4) is 0 Å². The van der Waals surface area contributed by atoms with Crippen molar-refractivity contribution < 1.29 is 33.0 Å². The van der Waals surface area contributed by atoms with Gasteiger partial charge in [0.2, 0.25) is 12.9 Å². The van der Waals surface area contributed by atoms with Gasteiger partial charge in [-0.3, -0.25) is 14.5 Å². The first-order chi connectivity index (χ1) is 18.6. The molecule has 1 fully saturated rings. The Bertz CT molecular complexity index is 1330. The van der Waals surface area contributed by atoms with Gasteiger partial charge in [-0.2, -0.15) is 0 Å². The minimum absolute atomic E-state index is 0.00501. The van der Waals surface area contributed by atoms with Crippen LogP contribution in [-0.2, 0) is 9.59 Å². The topological polar surface area (TPSA) is 99.5 Å². The number of amides is 2. The Hall–Kier alpha value is -4.14. The van der Waals surface area contributed by atoms with E-state index < -0.39 is 18.1 Å². The highest BCUT2D eigenvalue weighted by Gasteiger charge is 2.41. The molecule has 9 nitrogen and oxygen atoms in total. The van der Waals surface area contributed by atoms with Gasteiger partial charge in [0.1, 0.15) is 18.1 Å². The van der Waals surface area contributed by atoms with Crippen LogP contribution >= 0.6 is 0 Å². The number of hydrogen-bond donors (Lipinski definition) is 1. The van der Waals surface area contributed by atoms with Gasteiger partial charge in [-0.1, -0.05) is 31.4 Å². The number of hydrogen-bond acceptors (Lipinski definition) is 7. The van der Waals surface area contributed by atoms with Crippen LogP contribution in [0.5, 0.6) is 23.0 Å². The molecule has 6 rings (SSSR count). The molecule has 0 spiro atoms. The zero-order valence-electron chi connectivity index (χ0n) is 21.2. The number of ether oxygens (including phenoxy) is 4. The molecule has 2 atom stereocenters. The van der Waals surface area contributed by atoms with E-state index in [1.54, 1.807) is 49.4 Å². The fraction of sp³-hybridized carbons (Fsp3) is 0.379. The molecule has 2 aliphatic heterocycles. The highest BCUT2D eigenvalue weighted by molar-refractivity contribution is 6.03. The van der Waals surface area contributed by atoms with E-state index in [-0.39, 0.29) is 25.3 Å². The summed E-state index contributed by atoms with van der Waals surface area (Å²) in [4.78, 5) is 29.6. The van der Waals surface area contributed by atoms with Crippen LogP contribution in [-0.4, -0.2) is 37.4 Å². The predicted octanol–water partition coefficient (Wildman–Crippen LogP) is 4.68. The normalized spacial score (nSPS) is 19.0. The molecule has 2 amide bonds. The van der Waals surface area contributed by atoms with Crippen LogP contribution in [0.4, 0.5) is 5.69 Å². The summed E-state index contributed by atoms with van der Waals surface area (Å²) in [6.07, 6.45) is 4.12. The van der Waals surface area contributed by atoms with Crippen molar-refractivity contribution in [2.24, 2.45) is 0 Å². The summed E-state index contributed by atoms with van der Waals surface area (Å²) < 4.78 is 29.0.